The standard InChI is InChI=1S/C12H13N3O/c1-3-6-9(2)12(16)15-11-8-5-4-7-10(11)13-14-15/h4-8H,3H2,1-2H3/b9-6+. The number of carbonyl (C=O) groups is 1. The van der Waals surface area contributed by atoms with Crippen LogP contribution in [0.4, 0.5) is 0 Å². The van der Waals surface area contributed by atoms with Gasteiger partial charge in [-0.05, 0) is 25.5 Å². The van der Waals surface area contributed by atoms with E-state index in [1.165, 1.54) is 4.68 Å². The number of rotatable bonds is 2. The minimum atomic E-state index is -0.115. The fraction of sp³-hybridized carbons (Fsp3) is 0.250. The molecule has 4 nitrogen and oxygen atoms in total. The molecule has 0 atom stereocenters. The number of para-hydroxylation sites is 1. The number of fused-ring (bicyclic) bond motifs is 1. The Morgan fingerprint density at radius 1 is 1.44 bits per heavy atom. The Kier molecular flexibility index (Phi) is 2.81. The topological polar surface area (TPSA) is 47.8 Å². The maximum Gasteiger partial charge on any atom is 0.275 e. The molecule has 1 aromatic heterocycles. The van der Waals surface area contributed by atoms with Crippen molar-refractivity contribution in [1.29, 1.82) is 0 Å². The molecule has 0 radical (unpaired) electrons. The van der Waals surface area contributed by atoms with E-state index in [0.29, 0.717) is 5.57 Å². The van der Waals surface area contributed by atoms with Gasteiger partial charge in [-0.2, -0.15) is 4.68 Å². The Morgan fingerprint density at radius 2 is 2.19 bits per heavy atom. The van der Waals surface area contributed by atoms with Crippen LogP contribution in [-0.2, 0) is 0 Å². The highest BCUT2D eigenvalue weighted by atomic mass is 16.2. The van der Waals surface area contributed by atoms with Crippen molar-refractivity contribution in [2.75, 3.05) is 0 Å². The third-order valence-corrected chi connectivity index (χ3v) is 2.39. The van der Waals surface area contributed by atoms with E-state index in [4.69, 9.17) is 0 Å². The van der Waals surface area contributed by atoms with Gasteiger partial charge in [0, 0.05) is 5.57 Å². The monoisotopic (exact) mass is 215 g/mol. The van der Waals surface area contributed by atoms with Gasteiger partial charge in [0.15, 0.2) is 0 Å². The Bertz CT molecular complexity index is 554. The summed E-state index contributed by atoms with van der Waals surface area (Å²) in [6.45, 7) is 3.79. The summed E-state index contributed by atoms with van der Waals surface area (Å²) >= 11 is 0. The van der Waals surface area contributed by atoms with Gasteiger partial charge in [0.05, 0.1) is 5.52 Å². The molecule has 0 spiro atoms. The number of hydrogen-bond donors (Lipinski definition) is 0. The molecular formula is C12H13N3O. The normalized spacial score (nSPS) is 12.0. The number of nitrogens with zero attached hydrogens (tertiary/aromatic N) is 3. The van der Waals surface area contributed by atoms with E-state index in [1.54, 1.807) is 6.92 Å². The van der Waals surface area contributed by atoms with Crippen LogP contribution in [0.3, 0.4) is 0 Å². The van der Waals surface area contributed by atoms with Crippen molar-refractivity contribution in [2.45, 2.75) is 20.3 Å². The highest BCUT2D eigenvalue weighted by molar-refractivity contribution is 5.99. The molecule has 2 aromatic rings. The summed E-state index contributed by atoms with van der Waals surface area (Å²) in [5.41, 5.74) is 2.18. The molecule has 1 aromatic carbocycles. The molecule has 0 unspecified atom stereocenters. The smallest absolute Gasteiger partial charge is 0.267 e. The molecule has 0 aliphatic rings. The first kappa shape index (κ1) is 10.5. The van der Waals surface area contributed by atoms with Crippen LogP contribution in [-0.4, -0.2) is 20.9 Å². The van der Waals surface area contributed by atoms with E-state index in [-0.39, 0.29) is 5.91 Å². The second kappa shape index (κ2) is 4.26. The number of allylic oxidation sites excluding steroid dienone is 2. The third kappa shape index (κ3) is 1.74. The van der Waals surface area contributed by atoms with Crippen molar-refractivity contribution in [2.24, 2.45) is 0 Å². The van der Waals surface area contributed by atoms with E-state index in [1.807, 2.05) is 37.3 Å². The number of aromatic nitrogens is 3. The quantitative estimate of drug-likeness (QED) is 0.723. The first-order chi connectivity index (χ1) is 7.74. The predicted molar refractivity (Wildman–Crippen MR) is 62.2 cm³/mol. The van der Waals surface area contributed by atoms with Crippen molar-refractivity contribution >= 4 is 16.9 Å². The largest absolute Gasteiger partial charge is 0.275 e. The highest BCUT2D eigenvalue weighted by Gasteiger charge is 2.12. The van der Waals surface area contributed by atoms with Crippen LogP contribution in [0.1, 0.15) is 25.1 Å². The Labute approximate surface area is 93.6 Å². The number of hydrogen-bond acceptors (Lipinski definition) is 3. The number of benzene rings is 1. The van der Waals surface area contributed by atoms with Crippen LogP contribution in [0.2, 0.25) is 0 Å². The molecule has 0 N–H and O–H groups in total. The van der Waals surface area contributed by atoms with Gasteiger partial charge in [-0.25, -0.2) is 0 Å². The fourth-order valence-corrected chi connectivity index (χ4v) is 1.58. The van der Waals surface area contributed by atoms with Gasteiger partial charge in [0.25, 0.3) is 5.91 Å². The van der Waals surface area contributed by atoms with E-state index < -0.39 is 0 Å². The molecule has 0 bridgehead atoms. The van der Waals surface area contributed by atoms with Crippen LogP contribution in [0.25, 0.3) is 11.0 Å². The molecule has 0 saturated heterocycles. The van der Waals surface area contributed by atoms with Crippen LogP contribution in [0, 0.1) is 0 Å². The van der Waals surface area contributed by atoms with Crippen LogP contribution >= 0.6 is 0 Å². The zero-order chi connectivity index (χ0) is 11.5. The van der Waals surface area contributed by atoms with Crippen molar-refractivity contribution in [1.82, 2.24) is 15.0 Å². The Morgan fingerprint density at radius 3 is 2.94 bits per heavy atom. The van der Waals surface area contributed by atoms with Gasteiger partial charge in [0.2, 0.25) is 0 Å². The molecule has 4 heteroatoms. The minimum Gasteiger partial charge on any atom is -0.267 e. The maximum atomic E-state index is 12.0. The van der Waals surface area contributed by atoms with Crippen molar-refractivity contribution < 1.29 is 4.79 Å². The summed E-state index contributed by atoms with van der Waals surface area (Å²) < 4.78 is 1.34. The summed E-state index contributed by atoms with van der Waals surface area (Å²) in [4.78, 5) is 12.0. The maximum absolute atomic E-state index is 12.0. The summed E-state index contributed by atoms with van der Waals surface area (Å²) in [5, 5.41) is 7.82. The van der Waals surface area contributed by atoms with Gasteiger partial charge < -0.3 is 0 Å². The van der Waals surface area contributed by atoms with E-state index >= 15 is 0 Å². The average molecular weight is 215 g/mol. The highest BCUT2D eigenvalue weighted by Crippen LogP contribution is 2.11. The average Bonchev–Trinajstić information content (AvgIpc) is 2.72. The molecule has 0 aliphatic heterocycles. The van der Waals surface area contributed by atoms with Gasteiger partial charge in [-0.15, -0.1) is 5.10 Å². The Hall–Kier alpha value is -1.97. The Balaban J connectivity index is 2.48. The fourth-order valence-electron chi connectivity index (χ4n) is 1.58. The zero-order valence-electron chi connectivity index (χ0n) is 9.34. The first-order valence-corrected chi connectivity index (χ1v) is 5.26. The van der Waals surface area contributed by atoms with E-state index in [0.717, 1.165) is 17.5 Å². The summed E-state index contributed by atoms with van der Waals surface area (Å²) in [7, 11) is 0. The summed E-state index contributed by atoms with van der Waals surface area (Å²) in [6.07, 6.45) is 2.73. The van der Waals surface area contributed by atoms with Crippen LogP contribution < -0.4 is 0 Å². The molecule has 16 heavy (non-hydrogen) atoms. The lowest BCUT2D eigenvalue weighted by Gasteiger charge is -2.00. The van der Waals surface area contributed by atoms with E-state index in [9.17, 15) is 4.79 Å². The molecule has 82 valence electrons. The predicted octanol–water partition coefficient (Wildman–Crippen LogP) is 2.43. The number of carbonyl (C=O) groups excluding carboxylic acids is 1. The zero-order valence-corrected chi connectivity index (χ0v) is 9.34. The van der Waals surface area contributed by atoms with Crippen molar-refractivity contribution in [3.63, 3.8) is 0 Å². The second-order valence-corrected chi connectivity index (χ2v) is 3.59. The lowest BCUT2D eigenvalue weighted by molar-refractivity contribution is 0.0943. The molecule has 0 fully saturated rings. The van der Waals surface area contributed by atoms with Gasteiger partial charge >= 0.3 is 0 Å². The lowest BCUT2D eigenvalue weighted by atomic mass is 10.2. The summed E-state index contributed by atoms with van der Waals surface area (Å²) in [6, 6.07) is 7.42. The van der Waals surface area contributed by atoms with Crippen molar-refractivity contribution in [3.8, 4) is 0 Å². The SMILES string of the molecule is CC/C=C(\C)C(=O)n1nnc2ccccc21. The van der Waals surface area contributed by atoms with Crippen LogP contribution in [0.15, 0.2) is 35.9 Å². The minimum absolute atomic E-state index is 0.115. The summed E-state index contributed by atoms with van der Waals surface area (Å²) in [5.74, 6) is -0.115. The lowest BCUT2D eigenvalue weighted by Crippen LogP contribution is -2.13. The molecule has 1 heterocycles. The molecule has 2 rings (SSSR count). The first-order valence-electron chi connectivity index (χ1n) is 5.26. The van der Waals surface area contributed by atoms with Gasteiger partial charge in [-0.3, -0.25) is 4.79 Å². The van der Waals surface area contributed by atoms with E-state index in [2.05, 4.69) is 10.3 Å². The third-order valence-electron chi connectivity index (χ3n) is 2.39. The van der Waals surface area contributed by atoms with Gasteiger partial charge in [0.1, 0.15) is 5.52 Å². The van der Waals surface area contributed by atoms with Crippen LogP contribution in [0.5, 0.6) is 0 Å². The second-order valence-electron chi connectivity index (χ2n) is 3.59. The molecular weight excluding hydrogens is 202 g/mol. The van der Waals surface area contributed by atoms with Crippen molar-refractivity contribution in [3.05, 3.63) is 35.9 Å². The van der Waals surface area contributed by atoms with Gasteiger partial charge in [-0.1, -0.05) is 30.3 Å². The molecule has 0 aliphatic carbocycles. The molecule has 0 saturated carbocycles. The molecule has 0 amide bonds.